The Hall–Kier alpha value is -1.79. The van der Waals surface area contributed by atoms with Crippen molar-refractivity contribution >= 4 is 11.6 Å². The molecule has 3 nitrogen and oxygen atoms in total. The van der Waals surface area contributed by atoms with Crippen LogP contribution in [-0.4, -0.2) is 12.5 Å². The Labute approximate surface area is 115 Å². The van der Waals surface area contributed by atoms with Gasteiger partial charge in [0.1, 0.15) is 0 Å². The Kier molecular flexibility index (Phi) is 6.70. The van der Waals surface area contributed by atoms with Crippen molar-refractivity contribution in [3.8, 4) is 11.8 Å². The molecular formula is C16H22N2O. The molecule has 0 spiro atoms. The van der Waals surface area contributed by atoms with E-state index >= 15 is 0 Å². The summed E-state index contributed by atoms with van der Waals surface area (Å²) in [6, 6.07) is 5.74. The van der Waals surface area contributed by atoms with Crippen LogP contribution in [0, 0.1) is 18.8 Å². The van der Waals surface area contributed by atoms with E-state index in [1.165, 1.54) is 0 Å². The van der Waals surface area contributed by atoms with Crippen LogP contribution in [0.3, 0.4) is 0 Å². The lowest BCUT2D eigenvalue weighted by Crippen LogP contribution is -2.11. The Morgan fingerprint density at radius 2 is 2.16 bits per heavy atom. The Morgan fingerprint density at radius 1 is 1.37 bits per heavy atom. The fraction of sp³-hybridized carbons (Fsp3) is 0.438. The summed E-state index contributed by atoms with van der Waals surface area (Å²) in [6.07, 6.45) is 3.75. The number of benzene rings is 1. The molecule has 0 saturated heterocycles. The second-order valence-electron chi connectivity index (χ2n) is 4.54. The zero-order valence-electron chi connectivity index (χ0n) is 11.8. The lowest BCUT2D eigenvalue weighted by molar-refractivity contribution is -0.116. The molecule has 0 bridgehead atoms. The number of carbonyl (C=O) groups is 1. The number of amides is 1. The average Bonchev–Trinajstić information content (AvgIpc) is 2.38. The van der Waals surface area contributed by atoms with Gasteiger partial charge in [0.05, 0.1) is 6.54 Å². The molecule has 102 valence electrons. The lowest BCUT2D eigenvalue weighted by Gasteiger charge is -2.07. The van der Waals surface area contributed by atoms with E-state index < -0.39 is 0 Å². The summed E-state index contributed by atoms with van der Waals surface area (Å²) in [6.45, 7) is 4.46. The van der Waals surface area contributed by atoms with Gasteiger partial charge in [0.2, 0.25) is 5.91 Å². The van der Waals surface area contributed by atoms with Gasteiger partial charge in [0.15, 0.2) is 0 Å². The summed E-state index contributed by atoms with van der Waals surface area (Å²) in [5.74, 6) is 5.92. The normalized spacial score (nSPS) is 9.63. The van der Waals surface area contributed by atoms with Crippen LogP contribution in [0.25, 0.3) is 0 Å². The lowest BCUT2D eigenvalue weighted by atomic mass is 10.1. The van der Waals surface area contributed by atoms with Gasteiger partial charge in [0.25, 0.3) is 0 Å². The highest BCUT2D eigenvalue weighted by molar-refractivity contribution is 5.90. The molecule has 0 aliphatic rings. The van der Waals surface area contributed by atoms with Crippen molar-refractivity contribution in [2.45, 2.75) is 39.5 Å². The fourth-order valence-corrected chi connectivity index (χ4v) is 1.79. The van der Waals surface area contributed by atoms with Crippen LogP contribution < -0.4 is 11.1 Å². The Morgan fingerprint density at radius 3 is 2.79 bits per heavy atom. The Bertz CT molecular complexity index is 483. The monoisotopic (exact) mass is 258 g/mol. The number of rotatable bonds is 5. The van der Waals surface area contributed by atoms with Gasteiger partial charge in [-0.05, 0) is 37.1 Å². The third-order valence-electron chi connectivity index (χ3n) is 2.84. The highest BCUT2D eigenvalue weighted by Crippen LogP contribution is 2.15. The number of aryl methyl sites for hydroxylation is 1. The van der Waals surface area contributed by atoms with Gasteiger partial charge >= 0.3 is 0 Å². The van der Waals surface area contributed by atoms with E-state index in [-0.39, 0.29) is 5.91 Å². The molecular weight excluding hydrogens is 236 g/mol. The maximum Gasteiger partial charge on any atom is 0.224 e. The number of unbranched alkanes of at least 4 members (excludes halogenated alkanes) is 2. The number of nitrogens with one attached hydrogen (secondary N) is 1. The second kappa shape index (κ2) is 8.34. The summed E-state index contributed by atoms with van der Waals surface area (Å²) < 4.78 is 0. The van der Waals surface area contributed by atoms with Gasteiger partial charge < -0.3 is 11.1 Å². The maximum atomic E-state index is 11.7. The molecule has 0 atom stereocenters. The van der Waals surface area contributed by atoms with Crippen molar-refractivity contribution in [1.29, 1.82) is 0 Å². The predicted octanol–water partition coefficient (Wildman–Crippen LogP) is 2.82. The number of carbonyl (C=O) groups excluding carboxylic acids is 1. The topological polar surface area (TPSA) is 55.1 Å². The minimum Gasteiger partial charge on any atom is -0.326 e. The van der Waals surface area contributed by atoms with Crippen molar-refractivity contribution in [2.75, 3.05) is 11.9 Å². The van der Waals surface area contributed by atoms with Crippen LogP contribution in [0.1, 0.15) is 43.7 Å². The summed E-state index contributed by atoms with van der Waals surface area (Å²) >= 11 is 0. The zero-order chi connectivity index (χ0) is 14.1. The number of hydrogen-bond donors (Lipinski definition) is 2. The molecule has 1 rings (SSSR count). The summed E-state index contributed by atoms with van der Waals surface area (Å²) in [5.41, 5.74) is 8.18. The first kappa shape index (κ1) is 15.3. The quantitative estimate of drug-likeness (QED) is 0.630. The van der Waals surface area contributed by atoms with Crippen LogP contribution in [0.2, 0.25) is 0 Å². The summed E-state index contributed by atoms with van der Waals surface area (Å²) in [5, 5.41) is 2.91. The number of nitrogens with two attached hydrogens (primary N) is 1. The van der Waals surface area contributed by atoms with Gasteiger partial charge in [-0.15, -0.1) is 0 Å². The van der Waals surface area contributed by atoms with Crippen LogP contribution >= 0.6 is 0 Å². The van der Waals surface area contributed by atoms with Crippen molar-refractivity contribution < 1.29 is 4.79 Å². The van der Waals surface area contributed by atoms with Crippen LogP contribution in [0.15, 0.2) is 18.2 Å². The third kappa shape index (κ3) is 5.58. The molecule has 0 aliphatic carbocycles. The molecule has 0 aliphatic heterocycles. The zero-order valence-corrected chi connectivity index (χ0v) is 11.8. The smallest absolute Gasteiger partial charge is 0.224 e. The number of hydrogen-bond acceptors (Lipinski definition) is 2. The van der Waals surface area contributed by atoms with Gasteiger partial charge in [-0.3, -0.25) is 4.79 Å². The van der Waals surface area contributed by atoms with Gasteiger partial charge in [-0.1, -0.05) is 31.6 Å². The molecule has 0 unspecified atom stereocenters. The molecule has 1 aromatic carbocycles. The van der Waals surface area contributed by atoms with Crippen molar-refractivity contribution in [2.24, 2.45) is 5.73 Å². The van der Waals surface area contributed by atoms with Gasteiger partial charge in [0, 0.05) is 17.7 Å². The predicted molar refractivity (Wildman–Crippen MR) is 79.9 cm³/mol. The van der Waals surface area contributed by atoms with Gasteiger partial charge in [-0.25, -0.2) is 0 Å². The van der Waals surface area contributed by atoms with E-state index in [2.05, 4.69) is 24.1 Å². The molecule has 19 heavy (non-hydrogen) atoms. The van der Waals surface area contributed by atoms with E-state index in [4.69, 9.17) is 5.73 Å². The molecule has 0 radical (unpaired) electrons. The first-order valence-corrected chi connectivity index (χ1v) is 6.76. The van der Waals surface area contributed by atoms with Gasteiger partial charge in [-0.2, -0.15) is 0 Å². The van der Waals surface area contributed by atoms with Crippen molar-refractivity contribution in [3.63, 3.8) is 0 Å². The summed E-state index contributed by atoms with van der Waals surface area (Å²) in [4.78, 5) is 11.7. The molecule has 0 heterocycles. The Balaban J connectivity index is 2.60. The number of anilines is 1. The summed E-state index contributed by atoms with van der Waals surface area (Å²) in [7, 11) is 0. The van der Waals surface area contributed by atoms with E-state index in [1.807, 2.05) is 25.1 Å². The molecule has 3 heteroatoms. The van der Waals surface area contributed by atoms with Crippen LogP contribution in [0.4, 0.5) is 5.69 Å². The maximum absolute atomic E-state index is 11.7. The molecule has 3 N–H and O–H groups in total. The first-order valence-electron chi connectivity index (χ1n) is 6.76. The molecule has 1 aromatic rings. The van der Waals surface area contributed by atoms with E-state index in [1.54, 1.807) is 0 Å². The molecule has 0 aromatic heterocycles. The van der Waals surface area contributed by atoms with E-state index in [0.717, 1.165) is 36.1 Å². The average molecular weight is 258 g/mol. The highest BCUT2D eigenvalue weighted by Gasteiger charge is 2.03. The highest BCUT2D eigenvalue weighted by atomic mass is 16.1. The molecule has 1 amide bonds. The SMILES string of the molecule is CCCCCC(=O)Nc1ccc(C#CCN)c(C)c1. The van der Waals surface area contributed by atoms with Crippen molar-refractivity contribution in [1.82, 2.24) is 0 Å². The largest absolute Gasteiger partial charge is 0.326 e. The minimum atomic E-state index is 0.0774. The van der Waals surface area contributed by atoms with Crippen LogP contribution in [0.5, 0.6) is 0 Å². The van der Waals surface area contributed by atoms with E-state index in [9.17, 15) is 4.79 Å². The van der Waals surface area contributed by atoms with E-state index in [0.29, 0.717) is 13.0 Å². The first-order chi connectivity index (χ1) is 9.17. The minimum absolute atomic E-state index is 0.0774. The molecule has 0 fully saturated rings. The fourth-order valence-electron chi connectivity index (χ4n) is 1.79. The van der Waals surface area contributed by atoms with Crippen LogP contribution in [-0.2, 0) is 4.79 Å². The molecule has 0 saturated carbocycles. The second-order valence-corrected chi connectivity index (χ2v) is 4.54. The standard InChI is InChI=1S/C16H22N2O/c1-3-4-5-8-16(19)18-15-10-9-14(7-6-11-17)13(2)12-15/h9-10,12H,3-5,8,11,17H2,1-2H3,(H,18,19). The third-order valence-corrected chi connectivity index (χ3v) is 2.84. The van der Waals surface area contributed by atoms with Crippen molar-refractivity contribution in [3.05, 3.63) is 29.3 Å².